The topological polar surface area (TPSA) is 59.4 Å². The van der Waals surface area contributed by atoms with E-state index in [9.17, 15) is 4.79 Å². The number of benzene rings is 2. The first-order valence-corrected chi connectivity index (χ1v) is 12.1. The molecule has 0 unspecified atom stereocenters. The number of rotatable bonds is 5. The Bertz CT molecular complexity index is 1120. The van der Waals surface area contributed by atoms with Gasteiger partial charge in [0.2, 0.25) is 5.95 Å². The molecule has 176 valence electrons. The average Bonchev–Trinajstić information content (AvgIpc) is 3.11. The Morgan fingerprint density at radius 2 is 1.85 bits per heavy atom. The van der Waals surface area contributed by atoms with Gasteiger partial charge in [0.05, 0.1) is 23.6 Å². The van der Waals surface area contributed by atoms with Crippen molar-refractivity contribution < 1.29 is 9.53 Å². The van der Waals surface area contributed by atoms with Crippen molar-refractivity contribution in [1.29, 1.82) is 0 Å². The van der Waals surface area contributed by atoms with E-state index in [0.29, 0.717) is 29.7 Å². The van der Waals surface area contributed by atoms with Gasteiger partial charge < -0.3 is 19.5 Å². The van der Waals surface area contributed by atoms with Crippen molar-refractivity contribution in [2.45, 2.75) is 58.2 Å². The molecule has 2 aromatic carbocycles. The molecular formula is C25H30Cl2N4O2. The highest BCUT2D eigenvalue weighted by molar-refractivity contribution is 6.36. The number of halogens is 2. The molecule has 4 rings (SSSR count). The maximum Gasteiger partial charge on any atom is 0.410 e. The van der Waals surface area contributed by atoms with Crippen molar-refractivity contribution in [2.24, 2.45) is 0 Å². The number of hydrogen-bond donors (Lipinski definition) is 1. The molecule has 0 aliphatic carbocycles. The fraction of sp³-hybridized carbons (Fsp3) is 0.440. The summed E-state index contributed by atoms with van der Waals surface area (Å²) in [5.41, 5.74) is 2.20. The monoisotopic (exact) mass is 488 g/mol. The smallest absolute Gasteiger partial charge is 0.410 e. The minimum absolute atomic E-state index is 0.0331. The number of nitrogens with zero attached hydrogens (tertiary/aromatic N) is 3. The zero-order valence-electron chi connectivity index (χ0n) is 19.3. The van der Waals surface area contributed by atoms with Crippen molar-refractivity contribution in [3.63, 3.8) is 0 Å². The maximum atomic E-state index is 12.8. The first kappa shape index (κ1) is 23.7. The Balaban J connectivity index is 1.58. The van der Waals surface area contributed by atoms with E-state index in [-0.39, 0.29) is 12.1 Å². The first-order chi connectivity index (χ1) is 15.7. The number of imidazole rings is 1. The van der Waals surface area contributed by atoms with E-state index in [2.05, 4.69) is 9.88 Å². The summed E-state index contributed by atoms with van der Waals surface area (Å²) in [5.74, 6) is 0.724. The van der Waals surface area contributed by atoms with Crippen LogP contribution in [0, 0.1) is 0 Å². The van der Waals surface area contributed by atoms with Crippen LogP contribution in [-0.2, 0) is 11.3 Å². The third-order valence-corrected chi connectivity index (χ3v) is 6.49. The number of hydrogen-bond acceptors (Lipinski definition) is 4. The van der Waals surface area contributed by atoms with Gasteiger partial charge in [-0.3, -0.25) is 0 Å². The van der Waals surface area contributed by atoms with Gasteiger partial charge in [0, 0.05) is 28.7 Å². The van der Waals surface area contributed by atoms with Crippen LogP contribution < -0.4 is 5.32 Å². The number of carbonyl (C=O) groups excluding carboxylic acids is 1. The molecule has 0 radical (unpaired) electrons. The highest BCUT2D eigenvalue weighted by Crippen LogP contribution is 2.29. The Hall–Kier alpha value is -2.44. The van der Waals surface area contributed by atoms with E-state index in [1.165, 1.54) is 0 Å². The van der Waals surface area contributed by atoms with Gasteiger partial charge in [0.25, 0.3) is 0 Å². The van der Waals surface area contributed by atoms with E-state index < -0.39 is 5.60 Å². The van der Waals surface area contributed by atoms with Gasteiger partial charge in [0.1, 0.15) is 5.60 Å². The number of fused-ring (bicyclic) bond motifs is 1. The lowest BCUT2D eigenvalue weighted by Crippen LogP contribution is -2.49. The second kappa shape index (κ2) is 9.82. The summed E-state index contributed by atoms with van der Waals surface area (Å²) in [6.07, 6.45) is 2.73. The van der Waals surface area contributed by atoms with Crippen molar-refractivity contribution in [3.05, 3.63) is 58.1 Å². The van der Waals surface area contributed by atoms with Gasteiger partial charge >= 0.3 is 6.09 Å². The molecule has 0 saturated carbocycles. The molecule has 33 heavy (non-hydrogen) atoms. The van der Waals surface area contributed by atoms with E-state index in [4.69, 9.17) is 32.9 Å². The van der Waals surface area contributed by atoms with Crippen LogP contribution in [0.15, 0.2) is 42.5 Å². The highest BCUT2D eigenvalue weighted by Gasteiger charge is 2.30. The second-order valence-electron chi connectivity index (χ2n) is 9.41. The van der Waals surface area contributed by atoms with Crippen LogP contribution in [0.2, 0.25) is 10.0 Å². The highest BCUT2D eigenvalue weighted by atomic mass is 35.5. The number of piperidine rings is 1. The summed E-state index contributed by atoms with van der Waals surface area (Å²) in [7, 11) is 0. The van der Waals surface area contributed by atoms with Gasteiger partial charge in [-0.1, -0.05) is 41.4 Å². The van der Waals surface area contributed by atoms with Crippen LogP contribution >= 0.6 is 23.2 Å². The number of aromatic nitrogens is 2. The van der Waals surface area contributed by atoms with E-state index >= 15 is 0 Å². The van der Waals surface area contributed by atoms with Gasteiger partial charge in [-0.25, -0.2) is 9.78 Å². The summed E-state index contributed by atoms with van der Waals surface area (Å²) in [6, 6.07) is 13.5. The lowest BCUT2D eigenvalue weighted by atomic mass is 10.0. The van der Waals surface area contributed by atoms with Crippen molar-refractivity contribution >= 4 is 46.3 Å². The Labute approximate surface area is 204 Å². The molecule has 2 heterocycles. The molecule has 3 aromatic rings. The Kier molecular flexibility index (Phi) is 7.05. The van der Waals surface area contributed by atoms with Gasteiger partial charge in [-0.05, 0) is 64.3 Å². The normalized spacial score (nSPS) is 16.8. The molecule has 1 saturated heterocycles. The van der Waals surface area contributed by atoms with E-state index in [1.807, 2.05) is 68.1 Å². The number of ether oxygens (including phenoxy) is 1. The van der Waals surface area contributed by atoms with Crippen molar-refractivity contribution in [1.82, 2.24) is 14.5 Å². The molecular weight excluding hydrogens is 459 g/mol. The standard InChI is InChI=1S/C25H30Cl2N4O2/c1-25(2,3)33-24(32)30-14-7-6-9-17(30)15-28-23-29-21-12-4-5-13-22(21)31(23)16-18-19(26)10-8-11-20(18)27/h4-5,8,10-13,17H,6-7,9,14-16H2,1-3H3,(H,28,29)/t17-/m0/s1. The number of amides is 1. The summed E-state index contributed by atoms with van der Waals surface area (Å²) < 4.78 is 7.73. The van der Waals surface area contributed by atoms with Crippen LogP contribution in [0.4, 0.5) is 10.7 Å². The lowest BCUT2D eigenvalue weighted by Gasteiger charge is -2.36. The molecule has 1 aromatic heterocycles. The molecule has 1 amide bonds. The molecule has 1 aliphatic rings. The molecule has 6 nitrogen and oxygen atoms in total. The minimum Gasteiger partial charge on any atom is -0.444 e. The predicted octanol–water partition coefficient (Wildman–Crippen LogP) is 6.59. The molecule has 1 fully saturated rings. The number of anilines is 1. The largest absolute Gasteiger partial charge is 0.444 e. The van der Waals surface area contributed by atoms with E-state index in [1.54, 1.807) is 0 Å². The molecule has 1 N–H and O–H groups in total. The van der Waals surface area contributed by atoms with Crippen LogP contribution in [0.3, 0.4) is 0 Å². The molecule has 8 heteroatoms. The van der Waals surface area contributed by atoms with Crippen LogP contribution in [0.5, 0.6) is 0 Å². The van der Waals surface area contributed by atoms with Gasteiger partial charge in [-0.15, -0.1) is 0 Å². The maximum absolute atomic E-state index is 12.8. The summed E-state index contributed by atoms with van der Waals surface area (Å²) in [4.78, 5) is 19.4. The summed E-state index contributed by atoms with van der Waals surface area (Å²) in [5, 5.41) is 4.74. The summed E-state index contributed by atoms with van der Waals surface area (Å²) in [6.45, 7) is 7.45. The van der Waals surface area contributed by atoms with Gasteiger partial charge in [0.15, 0.2) is 0 Å². The van der Waals surface area contributed by atoms with Crippen molar-refractivity contribution in [2.75, 3.05) is 18.4 Å². The predicted molar refractivity (Wildman–Crippen MR) is 134 cm³/mol. The zero-order chi connectivity index (χ0) is 23.6. The quantitative estimate of drug-likeness (QED) is 0.439. The number of nitrogens with one attached hydrogen (secondary N) is 1. The fourth-order valence-electron chi connectivity index (χ4n) is 4.19. The van der Waals surface area contributed by atoms with E-state index in [0.717, 1.165) is 41.8 Å². The molecule has 1 aliphatic heterocycles. The number of likely N-dealkylation sites (tertiary alicyclic amines) is 1. The molecule has 0 bridgehead atoms. The minimum atomic E-state index is -0.519. The zero-order valence-corrected chi connectivity index (χ0v) is 20.8. The third kappa shape index (κ3) is 5.56. The van der Waals surface area contributed by atoms with Crippen LogP contribution in [-0.4, -0.2) is 45.3 Å². The van der Waals surface area contributed by atoms with Gasteiger partial charge in [-0.2, -0.15) is 0 Å². The molecule has 1 atom stereocenters. The first-order valence-electron chi connectivity index (χ1n) is 11.3. The van der Waals surface area contributed by atoms with Crippen LogP contribution in [0.1, 0.15) is 45.6 Å². The van der Waals surface area contributed by atoms with Crippen molar-refractivity contribution in [3.8, 4) is 0 Å². The molecule has 0 spiro atoms. The Morgan fingerprint density at radius 3 is 2.58 bits per heavy atom. The fourth-order valence-corrected chi connectivity index (χ4v) is 4.71. The SMILES string of the molecule is CC(C)(C)OC(=O)N1CCCC[C@H]1CNc1nc2ccccc2n1Cc1c(Cl)cccc1Cl. The Morgan fingerprint density at radius 1 is 1.12 bits per heavy atom. The summed E-state index contributed by atoms with van der Waals surface area (Å²) >= 11 is 12.9. The third-order valence-electron chi connectivity index (χ3n) is 5.78. The number of para-hydroxylation sites is 2. The second-order valence-corrected chi connectivity index (χ2v) is 10.2. The number of carbonyl (C=O) groups is 1. The van der Waals surface area contributed by atoms with Crippen LogP contribution in [0.25, 0.3) is 11.0 Å². The lowest BCUT2D eigenvalue weighted by molar-refractivity contribution is 0.0114. The average molecular weight is 489 g/mol.